The number of rotatable bonds is 7. The standard InChI is InChI=1S/C22H27N5O4S/c1-16-11-17(2)13-18(12-16)15-30-22(28)31-27-7-5-26(6-8-27)9-10-32(29)19-3-4-20-21(14-19)24-25-23-20/h3-4,11-14H,5-10,15H2,1-2H3,(H,23,24,25). The minimum Gasteiger partial charge on any atom is -0.611 e. The lowest BCUT2D eigenvalue weighted by molar-refractivity contribution is -0.147. The number of nitrogens with zero attached hydrogens (tertiary/aromatic N) is 4. The Hall–Kier alpha value is -2.66. The van der Waals surface area contributed by atoms with Crippen molar-refractivity contribution in [3.63, 3.8) is 0 Å². The van der Waals surface area contributed by atoms with Crippen molar-refractivity contribution in [2.45, 2.75) is 25.3 Å². The Labute approximate surface area is 189 Å². The number of carbonyl (C=O) groups excluding carboxylic acids is 1. The summed E-state index contributed by atoms with van der Waals surface area (Å²) >= 11 is -1.10. The minimum atomic E-state index is -1.10. The van der Waals surface area contributed by atoms with Crippen molar-refractivity contribution in [2.75, 3.05) is 38.5 Å². The van der Waals surface area contributed by atoms with Gasteiger partial charge in [-0.15, -0.1) is 10.2 Å². The number of fused-ring (bicyclic) bond motifs is 1. The molecule has 1 N–H and O–H groups in total. The molecule has 170 valence electrons. The molecule has 0 spiro atoms. The number of ether oxygens (including phenoxy) is 1. The first-order valence-corrected chi connectivity index (χ1v) is 11.9. The van der Waals surface area contributed by atoms with Gasteiger partial charge in [-0.1, -0.05) is 34.5 Å². The Bertz CT molecular complexity index is 1050. The summed E-state index contributed by atoms with van der Waals surface area (Å²) in [6.07, 6.45) is -0.692. The fourth-order valence-corrected chi connectivity index (χ4v) is 4.90. The molecule has 2 heterocycles. The molecule has 3 aromatic rings. The summed E-state index contributed by atoms with van der Waals surface area (Å²) in [5.74, 6) is 0.534. The Balaban J connectivity index is 1.16. The van der Waals surface area contributed by atoms with Crippen LogP contribution in [0.15, 0.2) is 41.3 Å². The Morgan fingerprint density at radius 2 is 1.88 bits per heavy atom. The van der Waals surface area contributed by atoms with Gasteiger partial charge in [-0.25, -0.2) is 4.79 Å². The maximum atomic E-state index is 12.6. The summed E-state index contributed by atoms with van der Waals surface area (Å²) in [4.78, 5) is 20.3. The molecule has 1 atom stereocenters. The van der Waals surface area contributed by atoms with E-state index in [0.717, 1.165) is 45.7 Å². The molecule has 1 aliphatic rings. The van der Waals surface area contributed by atoms with E-state index in [2.05, 4.69) is 26.4 Å². The number of hydrogen-bond donors (Lipinski definition) is 1. The van der Waals surface area contributed by atoms with Gasteiger partial charge in [0, 0.05) is 38.8 Å². The zero-order valence-corrected chi connectivity index (χ0v) is 19.1. The first-order valence-electron chi connectivity index (χ1n) is 10.5. The topological polar surface area (TPSA) is 107 Å². The Morgan fingerprint density at radius 3 is 2.62 bits per heavy atom. The zero-order chi connectivity index (χ0) is 22.5. The molecule has 4 rings (SSSR count). The molecule has 1 fully saturated rings. The van der Waals surface area contributed by atoms with Crippen molar-refractivity contribution < 1.29 is 18.9 Å². The van der Waals surface area contributed by atoms with E-state index >= 15 is 0 Å². The van der Waals surface area contributed by atoms with Gasteiger partial charge in [0.05, 0.1) is 5.52 Å². The van der Waals surface area contributed by atoms with Gasteiger partial charge in [0.1, 0.15) is 17.9 Å². The number of benzene rings is 2. The number of carbonyl (C=O) groups is 1. The predicted octanol–water partition coefficient (Wildman–Crippen LogP) is 2.57. The van der Waals surface area contributed by atoms with E-state index in [9.17, 15) is 9.35 Å². The van der Waals surface area contributed by atoms with E-state index in [1.807, 2.05) is 44.2 Å². The summed E-state index contributed by atoms with van der Waals surface area (Å²) in [5, 5.41) is 12.1. The number of hydroxylamine groups is 2. The molecule has 0 radical (unpaired) electrons. The third kappa shape index (κ3) is 5.98. The van der Waals surface area contributed by atoms with Crippen LogP contribution in [0.2, 0.25) is 0 Å². The first kappa shape index (κ1) is 22.5. The number of aromatic amines is 1. The summed E-state index contributed by atoms with van der Waals surface area (Å²) in [7, 11) is 0. The Morgan fingerprint density at radius 1 is 1.12 bits per heavy atom. The van der Waals surface area contributed by atoms with E-state index in [1.165, 1.54) is 0 Å². The van der Waals surface area contributed by atoms with Gasteiger partial charge < -0.3 is 14.1 Å². The third-order valence-corrected chi connectivity index (χ3v) is 6.66. The summed E-state index contributed by atoms with van der Waals surface area (Å²) in [5.41, 5.74) is 4.75. The van der Waals surface area contributed by atoms with Crippen LogP contribution in [0.25, 0.3) is 11.0 Å². The molecular weight excluding hydrogens is 430 g/mol. The molecular formula is C22H27N5O4S. The number of aromatic nitrogens is 3. The highest BCUT2D eigenvalue weighted by Crippen LogP contribution is 2.17. The van der Waals surface area contributed by atoms with Gasteiger partial charge in [-0.3, -0.25) is 10.00 Å². The highest BCUT2D eigenvalue weighted by Gasteiger charge is 2.22. The van der Waals surface area contributed by atoms with Crippen LogP contribution in [0, 0.1) is 13.8 Å². The average Bonchev–Trinajstić information content (AvgIpc) is 3.24. The van der Waals surface area contributed by atoms with Crippen molar-refractivity contribution in [1.29, 1.82) is 0 Å². The lowest BCUT2D eigenvalue weighted by atomic mass is 10.1. The van der Waals surface area contributed by atoms with Crippen molar-refractivity contribution in [3.05, 3.63) is 53.1 Å². The molecule has 9 nitrogen and oxygen atoms in total. The van der Waals surface area contributed by atoms with Crippen molar-refractivity contribution in [2.24, 2.45) is 0 Å². The molecule has 0 aliphatic carbocycles. The fourth-order valence-electron chi connectivity index (χ4n) is 3.77. The Kier molecular flexibility index (Phi) is 7.26. The summed E-state index contributed by atoms with van der Waals surface area (Å²) in [6.45, 7) is 7.53. The molecule has 0 bridgehead atoms. The van der Waals surface area contributed by atoms with Gasteiger partial charge in [0.2, 0.25) is 0 Å². The van der Waals surface area contributed by atoms with E-state index in [-0.39, 0.29) is 6.61 Å². The average molecular weight is 458 g/mol. The van der Waals surface area contributed by atoms with Crippen LogP contribution >= 0.6 is 0 Å². The third-order valence-electron chi connectivity index (χ3n) is 5.33. The normalized spacial score (nSPS) is 16.2. The lowest BCUT2D eigenvalue weighted by Gasteiger charge is -2.32. The number of nitrogens with one attached hydrogen (secondary N) is 1. The molecule has 1 aliphatic heterocycles. The molecule has 0 amide bonds. The summed E-state index contributed by atoms with van der Waals surface area (Å²) in [6, 6.07) is 11.5. The molecule has 1 aromatic heterocycles. The van der Waals surface area contributed by atoms with Gasteiger partial charge in [0.15, 0.2) is 4.90 Å². The van der Waals surface area contributed by atoms with Crippen molar-refractivity contribution in [3.8, 4) is 0 Å². The SMILES string of the molecule is Cc1cc(C)cc(COC(=O)ON2CCN(CC[S+]([O-])c3ccc4nn[nH]c4c3)CC2)c1. The minimum absolute atomic E-state index is 0.188. The van der Waals surface area contributed by atoms with Crippen LogP contribution in [0.3, 0.4) is 0 Å². The largest absolute Gasteiger partial charge is 0.611 e. The first-order chi connectivity index (χ1) is 15.5. The van der Waals surface area contributed by atoms with E-state index in [1.54, 1.807) is 5.06 Å². The van der Waals surface area contributed by atoms with E-state index in [4.69, 9.17) is 9.57 Å². The predicted molar refractivity (Wildman–Crippen MR) is 120 cm³/mol. The molecule has 10 heteroatoms. The number of hydrogen-bond acceptors (Lipinski definition) is 8. The van der Waals surface area contributed by atoms with Crippen molar-refractivity contribution >= 4 is 28.4 Å². The highest BCUT2D eigenvalue weighted by atomic mass is 32.2. The quantitative estimate of drug-likeness (QED) is 0.426. The second-order valence-corrected chi connectivity index (χ2v) is 9.51. The van der Waals surface area contributed by atoms with Gasteiger partial charge in [0.25, 0.3) is 0 Å². The maximum absolute atomic E-state index is 12.6. The molecule has 1 unspecified atom stereocenters. The molecule has 2 aromatic carbocycles. The second kappa shape index (κ2) is 10.3. The van der Waals surface area contributed by atoms with E-state index in [0.29, 0.717) is 25.4 Å². The van der Waals surface area contributed by atoms with Gasteiger partial charge in [-0.2, -0.15) is 0 Å². The van der Waals surface area contributed by atoms with Crippen molar-refractivity contribution in [1.82, 2.24) is 25.4 Å². The maximum Gasteiger partial charge on any atom is 0.528 e. The fraction of sp³-hybridized carbons (Fsp3) is 0.409. The number of aryl methyl sites for hydroxylation is 2. The number of H-pyrrole nitrogens is 1. The van der Waals surface area contributed by atoms with Crippen LogP contribution in [0.4, 0.5) is 4.79 Å². The van der Waals surface area contributed by atoms with E-state index < -0.39 is 17.3 Å². The summed E-state index contributed by atoms with van der Waals surface area (Å²) < 4.78 is 17.9. The highest BCUT2D eigenvalue weighted by molar-refractivity contribution is 7.91. The lowest BCUT2D eigenvalue weighted by Crippen LogP contribution is -2.48. The zero-order valence-electron chi connectivity index (χ0n) is 18.2. The van der Waals surface area contributed by atoms with Crippen LogP contribution in [-0.4, -0.2) is 74.6 Å². The van der Waals surface area contributed by atoms with Crippen LogP contribution in [0.5, 0.6) is 0 Å². The number of piperazine rings is 1. The van der Waals surface area contributed by atoms with Crippen LogP contribution < -0.4 is 0 Å². The van der Waals surface area contributed by atoms with Gasteiger partial charge in [-0.05, 0) is 42.7 Å². The van der Waals surface area contributed by atoms with Gasteiger partial charge >= 0.3 is 6.16 Å². The second-order valence-electron chi connectivity index (χ2n) is 7.94. The smallest absolute Gasteiger partial charge is 0.528 e. The van der Waals surface area contributed by atoms with Crippen LogP contribution in [0.1, 0.15) is 16.7 Å². The molecule has 32 heavy (non-hydrogen) atoms. The van der Waals surface area contributed by atoms with Crippen LogP contribution in [-0.2, 0) is 27.4 Å². The molecule has 0 saturated carbocycles. The molecule has 1 saturated heterocycles. The monoisotopic (exact) mass is 457 g/mol.